The predicted molar refractivity (Wildman–Crippen MR) is 225 cm³/mol. The van der Waals surface area contributed by atoms with Crippen LogP contribution in [0.4, 0.5) is 0 Å². The van der Waals surface area contributed by atoms with E-state index in [-0.39, 0.29) is 19.1 Å². The number of carbonyl (C=O) groups excluding carboxylic acids is 2. The molecule has 4 fully saturated rings. The van der Waals surface area contributed by atoms with Gasteiger partial charge in [-0.2, -0.15) is 0 Å². The quantitative estimate of drug-likeness (QED) is 0.281. The van der Waals surface area contributed by atoms with Gasteiger partial charge < -0.3 is 34.8 Å². The van der Waals surface area contributed by atoms with E-state index < -0.39 is 7.05 Å². The van der Waals surface area contributed by atoms with Gasteiger partial charge in [0.2, 0.25) is 11.8 Å². The van der Waals surface area contributed by atoms with Crippen LogP contribution in [0.15, 0.2) is 60.7 Å². The monoisotopic (exact) mass is 757 g/mol. The van der Waals surface area contributed by atoms with E-state index in [9.17, 15) is 19.6 Å². The van der Waals surface area contributed by atoms with Crippen LogP contribution in [0.5, 0.6) is 0 Å². The van der Waals surface area contributed by atoms with E-state index in [4.69, 9.17) is 0 Å². The Bertz CT molecular complexity index is 1400. The fourth-order valence-corrected chi connectivity index (χ4v) is 9.25. The van der Waals surface area contributed by atoms with Crippen LogP contribution in [-0.4, -0.2) is 138 Å². The summed E-state index contributed by atoms with van der Waals surface area (Å²) < 4.78 is 0. The molecule has 0 spiro atoms. The zero-order valence-corrected chi connectivity index (χ0v) is 34.7. The normalized spacial score (nSPS) is 22.5. The Morgan fingerprint density at radius 1 is 0.655 bits per heavy atom. The van der Waals surface area contributed by atoms with Crippen LogP contribution in [0.1, 0.15) is 83.4 Å². The zero-order chi connectivity index (χ0) is 39.5. The Hall–Kier alpha value is -2.73. The molecule has 6 rings (SSSR count). The highest BCUT2D eigenvalue weighted by Gasteiger charge is 2.37. The van der Waals surface area contributed by atoms with Gasteiger partial charge in [0.15, 0.2) is 0 Å². The van der Waals surface area contributed by atoms with Crippen LogP contribution in [0.3, 0.4) is 0 Å². The summed E-state index contributed by atoms with van der Waals surface area (Å²) in [7, 11) is -0.752. The Balaban J connectivity index is 0.000000237. The number of amides is 2. The first kappa shape index (κ1) is 43.4. The molecule has 0 radical (unpaired) electrons. The van der Waals surface area contributed by atoms with Crippen molar-refractivity contribution >= 4 is 25.9 Å². The van der Waals surface area contributed by atoms with Crippen molar-refractivity contribution in [1.29, 1.82) is 0 Å². The fourth-order valence-electron chi connectivity index (χ4n) is 9.25. The second-order valence-corrected chi connectivity index (χ2v) is 17.4. The van der Waals surface area contributed by atoms with E-state index >= 15 is 0 Å². The lowest BCUT2D eigenvalue weighted by atomic mass is 9.80. The van der Waals surface area contributed by atoms with E-state index in [2.05, 4.69) is 118 Å². The van der Waals surface area contributed by atoms with Gasteiger partial charge >= 0.3 is 14.1 Å². The molecule has 0 aromatic heterocycles. The highest BCUT2D eigenvalue weighted by Crippen LogP contribution is 2.33. The third-order valence-corrected chi connectivity index (χ3v) is 12.8. The van der Waals surface area contributed by atoms with Gasteiger partial charge in [0.05, 0.1) is 6.04 Å². The van der Waals surface area contributed by atoms with Gasteiger partial charge in [0, 0.05) is 64.2 Å². The van der Waals surface area contributed by atoms with E-state index in [1.165, 1.54) is 11.1 Å². The van der Waals surface area contributed by atoms with Crippen LogP contribution < -0.4 is 5.32 Å². The Morgan fingerprint density at radius 3 is 1.51 bits per heavy atom. The number of nitrogens with zero attached hydrogens (tertiary/aromatic N) is 5. The standard InChI is InChI=1S/C28H40BN3O2.C15H30BN3O2/c1-22(2)26-21-30(28(24-10-6-4-7-11-24)25-12-8-5-9-13-25)18-19-32(26)27(33)20-23-14-16-31(17-15-23)29(3)34;1-12(2)14-11-17-6-9-19(14)15(20)10-13-4-7-18(8-5-13)16(3)21/h4-13,22-23,26,28,34H,14-21H2,1-3H3;12-14,17,21H,4-11H2,1-3H3/t26-;14-/m11/s1. The molecule has 4 saturated heterocycles. The topological polar surface area (TPSA) is 103 Å². The second kappa shape index (κ2) is 21.1. The third-order valence-electron chi connectivity index (χ3n) is 12.8. The smallest absolute Gasteiger partial charge is 0.376 e. The molecule has 2 aromatic rings. The molecule has 4 heterocycles. The number of hydrogen-bond donors (Lipinski definition) is 3. The van der Waals surface area contributed by atoms with Crippen LogP contribution in [0.2, 0.25) is 13.6 Å². The number of benzene rings is 2. The third kappa shape index (κ3) is 12.1. The fraction of sp³-hybridized carbons (Fsp3) is 0.674. The molecule has 55 heavy (non-hydrogen) atoms. The molecule has 0 saturated carbocycles. The molecular weight excluding hydrogens is 686 g/mol. The minimum Gasteiger partial charge on any atom is -0.437 e. The van der Waals surface area contributed by atoms with Crippen molar-refractivity contribution in [3.63, 3.8) is 0 Å². The molecule has 4 aliphatic heterocycles. The molecule has 3 N–H and O–H groups in total. The minimum atomic E-state index is -0.391. The van der Waals surface area contributed by atoms with Crippen LogP contribution in [0, 0.1) is 23.7 Å². The highest BCUT2D eigenvalue weighted by molar-refractivity contribution is 6.45. The maximum atomic E-state index is 13.5. The maximum absolute atomic E-state index is 13.5. The molecule has 10 nitrogen and oxygen atoms in total. The molecule has 0 bridgehead atoms. The SMILES string of the molecule is CB(O)N1CCC(CC(=O)N2CCN(C(c3ccccc3)c3ccccc3)C[C@@H]2C(C)C)CC1.CB(O)N1CCC(CC(=O)N2CCNC[C@@H]2C(C)C)CC1. The maximum Gasteiger partial charge on any atom is 0.376 e. The van der Waals surface area contributed by atoms with Crippen molar-refractivity contribution < 1.29 is 19.6 Å². The summed E-state index contributed by atoms with van der Waals surface area (Å²) in [6.45, 7) is 21.3. The molecule has 2 amide bonds. The number of piperidine rings is 2. The van der Waals surface area contributed by atoms with Gasteiger partial charge in [-0.25, -0.2) is 0 Å². The van der Waals surface area contributed by atoms with Gasteiger partial charge in [-0.1, -0.05) is 88.4 Å². The lowest BCUT2D eigenvalue weighted by Gasteiger charge is -2.47. The average Bonchev–Trinajstić information content (AvgIpc) is 3.19. The van der Waals surface area contributed by atoms with E-state index in [0.29, 0.717) is 54.4 Å². The summed E-state index contributed by atoms with van der Waals surface area (Å²) >= 11 is 0. The summed E-state index contributed by atoms with van der Waals surface area (Å²) in [5.41, 5.74) is 2.61. The van der Waals surface area contributed by atoms with Gasteiger partial charge in [-0.05, 0) is 100 Å². The first-order chi connectivity index (χ1) is 26.4. The summed E-state index contributed by atoms with van der Waals surface area (Å²) in [6.07, 6.45) is 5.35. The largest absolute Gasteiger partial charge is 0.437 e. The predicted octanol–water partition coefficient (Wildman–Crippen LogP) is 4.81. The van der Waals surface area contributed by atoms with Gasteiger partial charge in [-0.15, -0.1) is 0 Å². The lowest BCUT2D eigenvalue weighted by molar-refractivity contribution is -0.139. The number of nitrogens with one attached hydrogen (secondary N) is 1. The average molecular weight is 757 g/mol. The molecular formula is C43H70B2N6O4. The van der Waals surface area contributed by atoms with Crippen molar-refractivity contribution in [2.75, 3.05) is 65.4 Å². The summed E-state index contributed by atoms with van der Waals surface area (Å²) in [4.78, 5) is 37.1. The van der Waals surface area contributed by atoms with E-state index in [0.717, 1.165) is 91.1 Å². The highest BCUT2D eigenvalue weighted by atomic mass is 16.2. The van der Waals surface area contributed by atoms with Crippen molar-refractivity contribution in [1.82, 2.24) is 29.6 Å². The van der Waals surface area contributed by atoms with Gasteiger partial charge in [0.1, 0.15) is 0 Å². The number of hydrogen-bond acceptors (Lipinski definition) is 8. The first-order valence-electron chi connectivity index (χ1n) is 21.4. The Labute approximate surface area is 333 Å². The van der Waals surface area contributed by atoms with Gasteiger partial charge in [0.25, 0.3) is 0 Å². The van der Waals surface area contributed by atoms with Crippen molar-refractivity contribution in [3.05, 3.63) is 71.8 Å². The van der Waals surface area contributed by atoms with Crippen molar-refractivity contribution in [2.45, 2.75) is 98.0 Å². The van der Waals surface area contributed by atoms with Crippen LogP contribution in [0.25, 0.3) is 0 Å². The summed E-state index contributed by atoms with van der Waals surface area (Å²) in [5.74, 6) is 2.44. The van der Waals surface area contributed by atoms with Crippen LogP contribution in [-0.2, 0) is 9.59 Å². The lowest BCUT2D eigenvalue weighted by Crippen LogP contribution is -2.58. The van der Waals surface area contributed by atoms with Crippen molar-refractivity contribution in [2.24, 2.45) is 23.7 Å². The zero-order valence-electron chi connectivity index (χ0n) is 34.7. The number of rotatable bonds is 11. The van der Waals surface area contributed by atoms with E-state index in [1.807, 2.05) is 13.6 Å². The van der Waals surface area contributed by atoms with Gasteiger partial charge in [-0.3, -0.25) is 14.5 Å². The molecule has 0 unspecified atom stereocenters. The summed E-state index contributed by atoms with van der Waals surface area (Å²) in [5, 5.41) is 22.8. The number of carbonyl (C=O) groups is 2. The Morgan fingerprint density at radius 2 is 1.09 bits per heavy atom. The number of piperazine rings is 2. The summed E-state index contributed by atoms with van der Waals surface area (Å²) in [6, 6.07) is 22.3. The van der Waals surface area contributed by atoms with E-state index in [1.54, 1.807) is 0 Å². The molecule has 0 aliphatic carbocycles. The molecule has 12 heteroatoms. The molecule has 2 aromatic carbocycles. The van der Waals surface area contributed by atoms with Crippen molar-refractivity contribution in [3.8, 4) is 0 Å². The van der Waals surface area contributed by atoms with Crippen LogP contribution >= 0.6 is 0 Å². The first-order valence-corrected chi connectivity index (χ1v) is 21.4. The Kier molecular flexibility index (Phi) is 16.7. The molecule has 302 valence electrons. The molecule has 2 atom stereocenters. The molecule has 4 aliphatic rings. The second-order valence-electron chi connectivity index (χ2n) is 17.4. The minimum absolute atomic E-state index is 0.200.